The van der Waals surface area contributed by atoms with E-state index in [0.717, 1.165) is 0 Å². The van der Waals surface area contributed by atoms with Crippen LogP contribution in [0.3, 0.4) is 0 Å². The number of nitrogens with two attached hydrogens (primary N) is 2. The lowest BCUT2D eigenvalue weighted by Gasteiger charge is -2.31. The second kappa shape index (κ2) is 28.2. The summed E-state index contributed by atoms with van der Waals surface area (Å²) in [6.07, 6.45) is 3.32. The van der Waals surface area contributed by atoms with Crippen LogP contribution in [0.5, 0.6) is 5.75 Å². The van der Waals surface area contributed by atoms with Gasteiger partial charge in [0.2, 0.25) is 41.4 Å². The van der Waals surface area contributed by atoms with Crippen molar-refractivity contribution < 1.29 is 48.6 Å². The Morgan fingerprint density at radius 1 is 0.718 bits per heavy atom. The van der Waals surface area contributed by atoms with E-state index in [1.54, 1.807) is 77.2 Å². The summed E-state index contributed by atoms with van der Waals surface area (Å²) in [5, 5.41) is 41.3. The monoisotopic (exact) mass is 990 g/mol. The highest BCUT2D eigenvalue weighted by atomic mass is 16.4. The number of guanidine groups is 1. The molecule has 0 aliphatic rings. The van der Waals surface area contributed by atoms with E-state index in [4.69, 9.17) is 11.5 Å². The van der Waals surface area contributed by atoms with Crippen LogP contribution in [0.2, 0.25) is 0 Å². The number of hydrogen-bond acceptors (Lipinski definition) is 12. The number of hydrogen-bond donors (Lipinski definition) is 13. The summed E-state index contributed by atoms with van der Waals surface area (Å²) in [6, 6.07) is 6.94. The second-order valence-corrected chi connectivity index (χ2v) is 18.1. The van der Waals surface area contributed by atoms with Crippen LogP contribution in [0, 0.1) is 11.8 Å². The van der Waals surface area contributed by atoms with Gasteiger partial charge in [0.05, 0.1) is 12.9 Å². The summed E-state index contributed by atoms with van der Waals surface area (Å²) in [5.41, 5.74) is 10.8. The van der Waals surface area contributed by atoms with Crippen LogP contribution in [0.15, 0.2) is 72.1 Å². The number of benzene rings is 2. The van der Waals surface area contributed by atoms with Gasteiger partial charge >= 0.3 is 5.97 Å². The second-order valence-electron chi connectivity index (χ2n) is 18.1. The average Bonchev–Trinajstić information content (AvgIpc) is 3.83. The summed E-state index contributed by atoms with van der Waals surface area (Å²) >= 11 is 0. The molecule has 71 heavy (non-hydrogen) atoms. The third-order valence-corrected chi connectivity index (χ3v) is 11.5. The van der Waals surface area contributed by atoms with Crippen molar-refractivity contribution in [3.63, 3.8) is 0 Å². The van der Waals surface area contributed by atoms with Crippen molar-refractivity contribution in [2.24, 2.45) is 28.3 Å². The van der Waals surface area contributed by atoms with Crippen LogP contribution in [-0.2, 0) is 57.6 Å². The number of carbonyl (C=O) groups is 8. The number of amides is 7. The number of aliphatic carboxylic acids is 1. The van der Waals surface area contributed by atoms with Gasteiger partial charge in [-0.25, -0.2) is 9.78 Å². The molecule has 3 rings (SSSR count). The predicted molar refractivity (Wildman–Crippen MR) is 264 cm³/mol. The standard InChI is InChI=1S/C48H71N13O10/c1-8-28(4)39(44(68)57-35(23-31-24-52-26-54-31)42(66)61-48(5,6)46(71)58-36(45(69)70)22-29-13-10-9-11-14-29)60-41(65)34(21-30-16-18-32(62)19-17-30)56-43(67)38(27(2)3)59-40(64)33(55-37(63)25-51-7)15-12-20-53-47(49)50/h9-11,13-14,16-19,24,26-28,33-36,38-39,51,62H,8,12,15,20-23,25H2,1-7H3,(H,52,54)(H,55,63)(H,56,67)(H,57,68)(H,58,71)(H,59,64)(H,60,65)(H,61,66)(H,69,70)(H4,49,50,53)/t28-,33-,34-,35-,36-,38-,39-/m0/s1. The molecule has 2 aromatic carbocycles. The lowest BCUT2D eigenvalue weighted by Crippen LogP contribution is -2.63. The minimum Gasteiger partial charge on any atom is -0.508 e. The molecule has 388 valence electrons. The largest absolute Gasteiger partial charge is 0.508 e. The van der Waals surface area contributed by atoms with Crippen LogP contribution in [0.25, 0.3) is 0 Å². The maximum Gasteiger partial charge on any atom is 0.326 e. The Kier molecular flexibility index (Phi) is 22.9. The summed E-state index contributed by atoms with van der Waals surface area (Å²) < 4.78 is 0. The van der Waals surface area contributed by atoms with Crippen LogP contribution in [0.4, 0.5) is 0 Å². The summed E-state index contributed by atoms with van der Waals surface area (Å²) in [7, 11) is 1.56. The quantitative estimate of drug-likeness (QED) is 0.0226. The molecule has 23 nitrogen and oxygen atoms in total. The number of carboxylic acids is 1. The van der Waals surface area contributed by atoms with Gasteiger partial charge in [-0.15, -0.1) is 0 Å². The van der Waals surface area contributed by atoms with Crippen molar-refractivity contribution in [2.75, 3.05) is 20.1 Å². The zero-order valence-electron chi connectivity index (χ0n) is 41.3. The summed E-state index contributed by atoms with van der Waals surface area (Å²) in [5.74, 6) is -7.66. The van der Waals surface area contributed by atoms with E-state index in [1.165, 1.54) is 38.5 Å². The van der Waals surface area contributed by atoms with Crippen molar-refractivity contribution in [1.29, 1.82) is 0 Å². The normalized spacial score (nSPS) is 14.2. The molecule has 0 spiro atoms. The van der Waals surface area contributed by atoms with Crippen LogP contribution >= 0.6 is 0 Å². The first kappa shape index (κ1) is 57.8. The number of carboxylic acid groups (broad SMARTS) is 1. The Morgan fingerprint density at radius 2 is 1.30 bits per heavy atom. The molecule has 0 bridgehead atoms. The number of aromatic nitrogens is 2. The number of phenols is 1. The van der Waals surface area contributed by atoms with Gasteiger partial charge in [-0.1, -0.05) is 76.6 Å². The fraction of sp³-hybridized carbons (Fsp3) is 0.500. The number of nitrogens with one attached hydrogen (secondary N) is 9. The molecule has 0 aliphatic carbocycles. The number of imidazole rings is 1. The van der Waals surface area contributed by atoms with Crippen molar-refractivity contribution >= 4 is 53.3 Å². The fourth-order valence-corrected chi connectivity index (χ4v) is 7.19. The average molecular weight is 990 g/mol. The maximum absolute atomic E-state index is 14.5. The van der Waals surface area contributed by atoms with E-state index in [1.807, 2.05) is 0 Å². The number of phenolic OH excluding ortho intramolecular Hbond substituents is 1. The third kappa shape index (κ3) is 19.4. The summed E-state index contributed by atoms with van der Waals surface area (Å²) in [4.78, 5) is 120. The molecule has 7 atom stereocenters. The minimum absolute atomic E-state index is 0.0239. The molecule has 0 aliphatic heterocycles. The molecule has 0 unspecified atom stereocenters. The zero-order valence-corrected chi connectivity index (χ0v) is 41.3. The molecule has 15 N–H and O–H groups in total. The molecule has 0 saturated heterocycles. The molecule has 23 heteroatoms. The van der Waals surface area contributed by atoms with Gasteiger partial charge in [-0.05, 0) is 68.8 Å². The number of likely N-dealkylation sites (N-methyl/N-ethyl adjacent to an activating group) is 1. The fourth-order valence-electron chi connectivity index (χ4n) is 7.19. The Hall–Kier alpha value is -7.56. The van der Waals surface area contributed by atoms with Crippen molar-refractivity contribution in [2.45, 2.75) is 122 Å². The van der Waals surface area contributed by atoms with E-state index in [2.05, 4.69) is 57.5 Å². The van der Waals surface area contributed by atoms with Crippen LogP contribution < -0.4 is 54.0 Å². The molecule has 0 radical (unpaired) electrons. The SMILES string of the molecule is CC[C@H](C)[C@H](NC(=O)[C@H](Cc1ccc(O)cc1)NC(=O)[C@@H](NC(=O)[C@H](CCCN=C(N)N)NC(=O)CNC)C(C)C)C(=O)N[C@@H](Cc1cnc[nH]1)C(=O)NC(C)(C)C(=O)N[C@@H](Cc1ccccc1)C(=O)O. The first-order valence-electron chi connectivity index (χ1n) is 23.4. The van der Waals surface area contributed by atoms with E-state index in [0.29, 0.717) is 29.7 Å². The molecular formula is C48H71N13O10. The van der Waals surface area contributed by atoms with Crippen molar-refractivity contribution in [1.82, 2.24) is 52.5 Å². The van der Waals surface area contributed by atoms with Crippen molar-refractivity contribution in [3.8, 4) is 5.75 Å². The van der Waals surface area contributed by atoms with Crippen LogP contribution in [0.1, 0.15) is 77.6 Å². The van der Waals surface area contributed by atoms with Gasteiger partial charge in [0.15, 0.2) is 5.96 Å². The van der Waals surface area contributed by atoms with Crippen molar-refractivity contribution in [3.05, 3.63) is 83.9 Å². The number of carbonyl (C=O) groups excluding carboxylic acids is 7. The lowest BCUT2D eigenvalue weighted by molar-refractivity contribution is -0.143. The first-order chi connectivity index (χ1) is 33.5. The number of aromatic amines is 1. The molecule has 1 aromatic heterocycles. The number of aromatic hydroxyl groups is 1. The number of H-pyrrole nitrogens is 1. The van der Waals surface area contributed by atoms with Crippen LogP contribution in [-0.4, -0.2) is 135 Å². The van der Waals surface area contributed by atoms with Gasteiger partial charge in [0.1, 0.15) is 47.5 Å². The Bertz CT molecular complexity index is 2270. The van der Waals surface area contributed by atoms with E-state index < -0.39 is 101 Å². The van der Waals surface area contributed by atoms with Gasteiger partial charge in [-0.3, -0.25) is 38.6 Å². The Labute approximate surface area is 413 Å². The molecule has 0 fully saturated rings. The summed E-state index contributed by atoms with van der Waals surface area (Å²) in [6.45, 7) is 9.71. The van der Waals surface area contributed by atoms with E-state index in [9.17, 15) is 48.6 Å². The van der Waals surface area contributed by atoms with Gasteiger partial charge in [0.25, 0.3) is 0 Å². The van der Waals surface area contributed by atoms with Gasteiger partial charge in [0, 0.05) is 37.7 Å². The molecule has 7 amide bonds. The zero-order chi connectivity index (χ0) is 52.8. The minimum atomic E-state index is -1.69. The topological polar surface area (TPSA) is 366 Å². The predicted octanol–water partition coefficient (Wildman–Crippen LogP) is -0.994. The molecular weight excluding hydrogens is 919 g/mol. The molecule has 1 heterocycles. The molecule has 0 saturated carbocycles. The highest BCUT2D eigenvalue weighted by Crippen LogP contribution is 2.16. The highest BCUT2D eigenvalue weighted by molar-refractivity contribution is 5.98. The lowest BCUT2D eigenvalue weighted by atomic mass is 9.96. The highest BCUT2D eigenvalue weighted by Gasteiger charge is 2.38. The smallest absolute Gasteiger partial charge is 0.326 e. The van der Waals surface area contributed by atoms with Gasteiger partial charge < -0.3 is 69.2 Å². The maximum atomic E-state index is 14.5. The Balaban J connectivity index is 1.90. The third-order valence-electron chi connectivity index (χ3n) is 11.5. The number of rotatable bonds is 29. The molecule has 3 aromatic rings. The van der Waals surface area contributed by atoms with E-state index >= 15 is 0 Å². The van der Waals surface area contributed by atoms with E-state index in [-0.39, 0.29) is 50.5 Å². The van der Waals surface area contributed by atoms with Gasteiger partial charge in [-0.2, -0.15) is 0 Å². The first-order valence-corrected chi connectivity index (χ1v) is 23.4. The number of nitrogens with zero attached hydrogens (tertiary/aromatic N) is 2. The Morgan fingerprint density at radius 3 is 1.86 bits per heavy atom. The number of aliphatic imine (C=N–C) groups is 1.